The zero-order valence-electron chi connectivity index (χ0n) is 13.7. The van der Waals surface area contributed by atoms with Gasteiger partial charge in [-0.1, -0.05) is 60.7 Å². The number of carbonyl (C=O) groups is 3. The molecule has 26 heavy (non-hydrogen) atoms. The highest BCUT2D eigenvalue weighted by atomic mass is 32.2. The molecule has 2 aromatic carbocycles. The Kier molecular flexibility index (Phi) is 5.38. The molecule has 1 unspecified atom stereocenters. The first-order valence-corrected chi connectivity index (χ1v) is 8.99. The zero-order valence-corrected chi connectivity index (χ0v) is 14.5. The van der Waals surface area contributed by atoms with E-state index in [0.717, 1.165) is 6.92 Å². The van der Waals surface area contributed by atoms with Crippen LogP contribution in [-0.2, 0) is 14.9 Å². The van der Waals surface area contributed by atoms with Crippen molar-refractivity contribution < 1.29 is 32.5 Å². The van der Waals surface area contributed by atoms with Gasteiger partial charge in [0.15, 0.2) is 11.6 Å². The van der Waals surface area contributed by atoms with Gasteiger partial charge in [0.1, 0.15) is 5.41 Å². The molecule has 8 heteroatoms. The van der Waals surface area contributed by atoms with Crippen LogP contribution < -0.4 is 0 Å². The first-order valence-electron chi connectivity index (χ1n) is 7.49. The molecule has 0 aliphatic carbocycles. The summed E-state index contributed by atoms with van der Waals surface area (Å²) >= 11 is 0. The number of hydrogen-bond donors (Lipinski definition) is 2. The van der Waals surface area contributed by atoms with E-state index >= 15 is 0 Å². The Labute approximate surface area is 150 Å². The molecule has 2 N–H and O–H groups in total. The monoisotopic (exact) mass is 376 g/mol. The lowest BCUT2D eigenvalue weighted by molar-refractivity contribution is -0.138. The van der Waals surface area contributed by atoms with Gasteiger partial charge in [0.2, 0.25) is 5.25 Å². The van der Waals surface area contributed by atoms with E-state index < -0.39 is 38.3 Å². The molecule has 2 rings (SSSR count). The first kappa shape index (κ1) is 19.5. The minimum absolute atomic E-state index is 0.0471. The van der Waals surface area contributed by atoms with Crippen molar-refractivity contribution in [3.05, 3.63) is 71.8 Å². The van der Waals surface area contributed by atoms with Gasteiger partial charge in [0.25, 0.3) is 10.1 Å². The highest BCUT2D eigenvalue weighted by molar-refractivity contribution is 7.87. The summed E-state index contributed by atoms with van der Waals surface area (Å²) in [5.74, 6) is -4.03. The molecule has 0 aromatic heterocycles. The number of benzene rings is 2. The van der Waals surface area contributed by atoms with Gasteiger partial charge >= 0.3 is 5.97 Å². The predicted molar refractivity (Wildman–Crippen MR) is 92.6 cm³/mol. The average molecular weight is 376 g/mol. The van der Waals surface area contributed by atoms with Crippen molar-refractivity contribution in [1.82, 2.24) is 0 Å². The summed E-state index contributed by atoms with van der Waals surface area (Å²) in [5, 5.41) is 6.74. The van der Waals surface area contributed by atoms with Gasteiger partial charge in [-0.25, -0.2) is 0 Å². The molecule has 0 heterocycles. The van der Waals surface area contributed by atoms with Crippen LogP contribution in [0, 0.1) is 5.41 Å². The van der Waals surface area contributed by atoms with Gasteiger partial charge in [-0.15, -0.1) is 0 Å². The van der Waals surface area contributed by atoms with E-state index in [1.807, 2.05) is 0 Å². The van der Waals surface area contributed by atoms with Crippen LogP contribution in [0.5, 0.6) is 0 Å². The Hall–Kier alpha value is -2.84. The fourth-order valence-electron chi connectivity index (χ4n) is 2.79. The third kappa shape index (κ3) is 3.56. The molecule has 136 valence electrons. The lowest BCUT2D eigenvalue weighted by Gasteiger charge is -2.30. The van der Waals surface area contributed by atoms with E-state index in [1.165, 1.54) is 48.5 Å². The van der Waals surface area contributed by atoms with Crippen LogP contribution in [-0.4, -0.2) is 40.9 Å². The van der Waals surface area contributed by atoms with Gasteiger partial charge in [0.05, 0.1) is 0 Å². The Morgan fingerprint density at radius 1 is 0.846 bits per heavy atom. The smallest absolute Gasteiger partial charge is 0.325 e. The molecule has 0 saturated carbocycles. The molecule has 7 nitrogen and oxygen atoms in total. The Morgan fingerprint density at radius 2 is 1.19 bits per heavy atom. The van der Waals surface area contributed by atoms with Crippen LogP contribution in [0.1, 0.15) is 27.6 Å². The fraction of sp³-hybridized carbons (Fsp3) is 0.167. The highest BCUT2D eigenvalue weighted by Gasteiger charge is 2.57. The maximum Gasteiger partial charge on any atom is 0.325 e. The summed E-state index contributed by atoms with van der Waals surface area (Å²) in [6.45, 7) is 0.921. The number of carbonyl (C=O) groups excluding carboxylic acids is 2. The van der Waals surface area contributed by atoms with E-state index in [9.17, 15) is 32.5 Å². The van der Waals surface area contributed by atoms with Crippen LogP contribution in [0.2, 0.25) is 0 Å². The van der Waals surface area contributed by atoms with E-state index in [0.29, 0.717) is 0 Å². The maximum absolute atomic E-state index is 13.0. The summed E-state index contributed by atoms with van der Waals surface area (Å²) in [7, 11) is -5.27. The largest absolute Gasteiger partial charge is 0.480 e. The number of Topliss-reactive ketones (excluding diaryl/α,β-unsaturated/α-hetero) is 2. The highest BCUT2D eigenvalue weighted by Crippen LogP contribution is 2.35. The molecule has 2 aromatic rings. The molecule has 0 saturated heterocycles. The summed E-state index contributed by atoms with van der Waals surface area (Å²) in [5.41, 5.74) is -2.66. The topological polar surface area (TPSA) is 126 Å². The van der Waals surface area contributed by atoms with Crippen LogP contribution in [0.4, 0.5) is 0 Å². The van der Waals surface area contributed by atoms with E-state index in [1.54, 1.807) is 12.1 Å². The van der Waals surface area contributed by atoms with Crippen LogP contribution >= 0.6 is 0 Å². The second kappa shape index (κ2) is 7.19. The minimum Gasteiger partial charge on any atom is -0.480 e. The van der Waals surface area contributed by atoms with Gasteiger partial charge in [-0.05, 0) is 6.92 Å². The first-order chi connectivity index (χ1) is 12.1. The molecule has 0 spiro atoms. The van der Waals surface area contributed by atoms with Gasteiger partial charge in [0, 0.05) is 11.1 Å². The second-order valence-electron chi connectivity index (χ2n) is 5.83. The van der Waals surface area contributed by atoms with Crippen molar-refractivity contribution in [3.63, 3.8) is 0 Å². The van der Waals surface area contributed by atoms with Crippen molar-refractivity contribution in [2.75, 3.05) is 0 Å². The molecule has 0 aliphatic heterocycles. The third-order valence-electron chi connectivity index (χ3n) is 4.06. The van der Waals surface area contributed by atoms with Gasteiger partial charge < -0.3 is 5.11 Å². The number of carboxylic acids is 1. The summed E-state index contributed by atoms with van der Waals surface area (Å²) < 4.78 is 33.0. The molecule has 0 fully saturated rings. The van der Waals surface area contributed by atoms with Crippen molar-refractivity contribution in [3.8, 4) is 0 Å². The van der Waals surface area contributed by atoms with Gasteiger partial charge in [-0.3, -0.25) is 18.9 Å². The van der Waals surface area contributed by atoms with Crippen molar-refractivity contribution >= 4 is 27.7 Å². The molecule has 0 aliphatic rings. The SMILES string of the molecule is CC(C(=O)c1ccccc1)(C(=O)c1ccccc1)C(C(=O)O)S(=O)(=O)O. The molecule has 0 bridgehead atoms. The molecule has 1 atom stereocenters. The molecule has 0 amide bonds. The van der Waals surface area contributed by atoms with E-state index in [-0.39, 0.29) is 11.1 Å². The Morgan fingerprint density at radius 3 is 1.46 bits per heavy atom. The number of hydrogen-bond acceptors (Lipinski definition) is 5. The normalized spacial score (nSPS) is 13.0. The van der Waals surface area contributed by atoms with E-state index in [4.69, 9.17) is 0 Å². The van der Waals surface area contributed by atoms with Crippen LogP contribution in [0.15, 0.2) is 60.7 Å². The Bertz CT molecular complexity index is 883. The average Bonchev–Trinajstić information content (AvgIpc) is 2.60. The molecular weight excluding hydrogens is 360 g/mol. The van der Waals surface area contributed by atoms with E-state index in [2.05, 4.69) is 0 Å². The lowest BCUT2D eigenvalue weighted by Crippen LogP contribution is -2.54. The van der Waals surface area contributed by atoms with Crippen molar-refractivity contribution in [2.24, 2.45) is 5.41 Å². The van der Waals surface area contributed by atoms with Gasteiger partial charge in [-0.2, -0.15) is 8.42 Å². The molecular formula is C18H16O7S. The van der Waals surface area contributed by atoms with Crippen LogP contribution in [0.3, 0.4) is 0 Å². The standard InChI is InChI=1S/C18H16O7S/c1-18(16(17(21)22)26(23,24)25,14(19)12-8-4-2-5-9-12)15(20)13-10-6-3-7-11-13/h2-11,16H,1H3,(H,21,22)(H,23,24,25). The van der Waals surface area contributed by atoms with Crippen molar-refractivity contribution in [2.45, 2.75) is 12.2 Å². The number of aliphatic carboxylic acids is 1. The summed E-state index contributed by atoms with van der Waals surface area (Å²) in [6.07, 6.45) is 0. The minimum atomic E-state index is -5.27. The Balaban J connectivity index is 2.75. The quantitative estimate of drug-likeness (QED) is 0.430. The second-order valence-corrected chi connectivity index (χ2v) is 7.33. The number of carboxylic acid groups (broad SMARTS) is 1. The lowest BCUT2D eigenvalue weighted by atomic mass is 9.73. The zero-order chi connectivity index (χ0) is 19.5. The van der Waals surface area contributed by atoms with Crippen LogP contribution in [0.25, 0.3) is 0 Å². The fourth-order valence-corrected chi connectivity index (χ4v) is 3.86. The maximum atomic E-state index is 13.0. The van der Waals surface area contributed by atoms with Crippen molar-refractivity contribution in [1.29, 1.82) is 0 Å². The predicted octanol–water partition coefficient (Wildman–Crippen LogP) is 2.10. The number of rotatable bonds is 7. The third-order valence-corrected chi connectivity index (χ3v) is 5.33. The summed E-state index contributed by atoms with van der Waals surface area (Å²) in [6, 6.07) is 14.5. The summed E-state index contributed by atoms with van der Waals surface area (Å²) in [4.78, 5) is 37.6. The molecule has 0 radical (unpaired) electrons. The number of ketones is 2.